The molecule has 4 nitrogen and oxygen atoms in total. The summed E-state index contributed by atoms with van der Waals surface area (Å²) in [5.74, 6) is 1.09. The normalized spacial score (nSPS) is 22.7. The van der Waals surface area contributed by atoms with Crippen LogP contribution in [0.15, 0.2) is 28.7 Å². The molecule has 0 aliphatic carbocycles. The minimum atomic E-state index is -0.508. The Balaban J connectivity index is 1.70. The van der Waals surface area contributed by atoms with Crippen molar-refractivity contribution >= 4 is 15.9 Å². The van der Waals surface area contributed by atoms with Crippen LogP contribution in [0.25, 0.3) is 0 Å². The minimum absolute atomic E-state index is 0.267. The smallest absolute Gasteiger partial charge is 0.119 e. The van der Waals surface area contributed by atoms with Crippen molar-refractivity contribution in [3.63, 3.8) is 0 Å². The van der Waals surface area contributed by atoms with Crippen molar-refractivity contribution in [3.05, 3.63) is 28.7 Å². The quantitative estimate of drug-likeness (QED) is 0.828. The number of rotatable bonds is 6. The molecule has 1 aromatic carbocycles. The fourth-order valence-electron chi connectivity index (χ4n) is 2.50. The second kappa shape index (κ2) is 7.41. The highest BCUT2D eigenvalue weighted by Crippen LogP contribution is 2.20. The Kier molecular flexibility index (Phi) is 5.84. The van der Waals surface area contributed by atoms with Gasteiger partial charge >= 0.3 is 0 Å². The van der Waals surface area contributed by atoms with Gasteiger partial charge in [-0.1, -0.05) is 15.9 Å². The summed E-state index contributed by atoms with van der Waals surface area (Å²) in [5.41, 5.74) is 0. The van der Waals surface area contributed by atoms with E-state index in [1.807, 2.05) is 31.2 Å². The van der Waals surface area contributed by atoms with E-state index in [0.29, 0.717) is 12.5 Å². The first-order valence-corrected chi connectivity index (χ1v) is 7.80. The van der Waals surface area contributed by atoms with E-state index in [2.05, 4.69) is 20.8 Å². The molecule has 3 atom stereocenters. The highest BCUT2D eigenvalue weighted by atomic mass is 79.9. The maximum Gasteiger partial charge on any atom is 0.119 e. The fraction of sp³-hybridized carbons (Fsp3) is 0.600. The van der Waals surface area contributed by atoms with E-state index >= 15 is 0 Å². The molecule has 1 aromatic rings. The van der Waals surface area contributed by atoms with Crippen LogP contribution >= 0.6 is 15.9 Å². The SMILES string of the molecule is CC(O)C1CCN(CC(O)COc2ccc(Br)cc2)C1. The van der Waals surface area contributed by atoms with E-state index in [1.54, 1.807) is 0 Å². The van der Waals surface area contributed by atoms with Crippen molar-refractivity contribution in [1.82, 2.24) is 4.90 Å². The number of hydrogen-bond acceptors (Lipinski definition) is 4. The molecule has 20 heavy (non-hydrogen) atoms. The molecule has 1 fully saturated rings. The van der Waals surface area contributed by atoms with Crippen molar-refractivity contribution in [1.29, 1.82) is 0 Å². The number of nitrogens with zero attached hydrogens (tertiary/aromatic N) is 1. The van der Waals surface area contributed by atoms with Gasteiger partial charge in [0, 0.05) is 17.6 Å². The zero-order chi connectivity index (χ0) is 14.5. The Labute approximate surface area is 128 Å². The van der Waals surface area contributed by atoms with E-state index in [-0.39, 0.29) is 12.7 Å². The number of halogens is 1. The van der Waals surface area contributed by atoms with Crippen LogP contribution in [0.5, 0.6) is 5.75 Å². The van der Waals surface area contributed by atoms with E-state index in [1.165, 1.54) is 0 Å². The number of β-amino-alcohol motifs (C(OH)–C–C–N with tert-alkyl or cyclic N) is 1. The first-order chi connectivity index (χ1) is 9.54. The van der Waals surface area contributed by atoms with Crippen LogP contribution < -0.4 is 4.74 Å². The Morgan fingerprint density at radius 3 is 2.65 bits per heavy atom. The number of aliphatic hydroxyl groups is 2. The molecule has 1 aliphatic heterocycles. The van der Waals surface area contributed by atoms with Crippen molar-refractivity contribution < 1.29 is 14.9 Å². The summed E-state index contributed by atoms with van der Waals surface area (Å²) in [5, 5.41) is 19.6. The van der Waals surface area contributed by atoms with Gasteiger partial charge in [-0.25, -0.2) is 0 Å². The third kappa shape index (κ3) is 4.74. The van der Waals surface area contributed by atoms with Gasteiger partial charge in [0.2, 0.25) is 0 Å². The molecular formula is C15H22BrNO3. The Bertz CT molecular complexity index is 410. The molecule has 112 valence electrons. The molecule has 0 saturated carbocycles. The van der Waals surface area contributed by atoms with Gasteiger partial charge in [-0.05, 0) is 50.1 Å². The summed E-state index contributed by atoms with van der Waals surface area (Å²) in [4.78, 5) is 2.19. The Morgan fingerprint density at radius 2 is 2.05 bits per heavy atom. The molecular weight excluding hydrogens is 322 g/mol. The number of likely N-dealkylation sites (tertiary alicyclic amines) is 1. The molecule has 0 radical (unpaired) electrons. The van der Waals surface area contributed by atoms with Gasteiger partial charge in [0.1, 0.15) is 18.5 Å². The number of ether oxygens (including phenoxy) is 1. The van der Waals surface area contributed by atoms with Crippen LogP contribution in [-0.2, 0) is 0 Å². The molecule has 0 aromatic heterocycles. The van der Waals surface area contributed by atoms with Gasteiger partial charge in [0.25, 0.3) is 0 Å². The predicted molar refractivity (Wildman–Crippen MR) is 81.9 cm³/mol. The van der Waals surface area contributed by atoms with E-state index in [4.69, 9.17) is 4.74 Å². The first-order valence-electron chi connectivity index (χ1n) is 7.01. The molecule has 3 unspecified atom stereocenters. The van der Waals surface area contributed by atoms with Crippen LogP contribution in [-0.4, -0.2) is 53.6 Å². The van der Waals surface area contributed by atoms with E-state index in [9.17, 15) is 10.2 Å². The molecule has 1 heterocycles. The summed E-state index contributed by atoms with van der Waals surface area (Å²) in [7, 11) is 0. The topological polar surface area (TPSA) is 52.9 Å². The van der Waals surface area contributed by atoms with Crippen LogP contribution in [0.1, 0.15) is 13.3 Å². The zero-order valence-electron chi connectivity index (χ0n) is 11.7. The maximum absolute atomic E-state index is 10.0. The largest absolute Gasteiger partial charge is 0.491 e. The van der Waals surface area contributed by atoms with Crippen molar-refractivity contribution in [3.8, 4) is 5.75 Å². The molecule has 1 aliphatic rings. The molecule has 0 bridgehead atoms. The molecule has 5 heteroatoms. The zero-order valence-corrected chi connectivity index (χ0v) is 13.3. The summed E-state index contributed by atoms with van der Waals surface area (Å²) in [6, 6.07) is 7.57. The summed E-state index contributed by atoms with van der Waals surface area (Å²) < 4.78 is 6.57. The third-order valence-corrected chi connectivity index (χ3v) is 4.24. The molecule has 2 N–H and O–H groups in total. The number of hydrogen-bond donors (Lipinski definition) is 2. The number of aliphatic hydroxyl groups excluding tert-OH is 2. The number of benzene rings is 1. The Morgan fingerprint density at radius 1 is 1.35 bits per heavy atom. The molecule has 0 spiro atoms. The van der Waals surface area contributed by atoms with Gasteiger partial charge in [-0.3, -0.25) is 0 Å². The lowest BCUT2D eigenvalue weighted by molar-refractivity contribution is 0.0696. The molecule has 0 amide bonds. The van der Waals surface area contributed by atoms with Gasteiger partial charge in [0.05, 0.1) is 6.10 Å². The highest BCUT2D eigenvalue weighted by Gasteiger charge is 2.27. The maximum atomic E-state index is 10.0. The summed E-state index contributed by atoms with van der Waals surface area (Å²) in [6.45, 7) is 4.51. The lowest BCUT2D eigenvalue weighted by Gasteiger charge is -2.21. The van der Waals surface area contributed by atoms with E-state index in [0.717, 1.165) is 29.7 Å². The van der Waals surface area contributed by atoms with Gasteiger partial charge in [-0.15, -0.1) is 0 Å². The van der Waals surface area contributed by atoms with Crippen molar-refractivity contribution in [2.75, 3.05) is 26.2 Å². The molecule has 1 saturated heterocycles. The second-order valence-corrected chi connectivity index (χ2v) is 6.38. The lowest BCUT2D eigenvalue weighted by Crippen LogP contribution is -2.35. The van der Waals surface area contributed by atoms with Crippen molar-refractivity contribution in [2.45, 2.75) is 25.6 Å². The lowest BCUT2D eigenvalue weighted by atomic mass is 10.0. The van der Waals surface area contributed by atoms with E-state index < -0.39 is 6.10 Å². The van der Waals surface area contributed by atoms with Crippen molar-refractivity contribution in [2.24, 2.45) is 5.92 Å². The van der Waals surface area contributed by atoms with Crippen LogP contribution in [0.2, 0.25) is 0 Å². The second-order valence-electron chi connectivity index (χ2n) is 5.47. The summed E-state index contributed by atoms with van der Waals surface area (Å²) in [6.07, 6.45) is 0.223. The van der Waals surface area contributed by atoms with Crippen LogP contribution in [0.4, 0.5) is 0 Å². The van der Waals surface area contributed by atoms with Gasteiger partial charge in [-0.2, -0.15) is 0 Å². The predicted octanol–water partition coefficient (Wildman–Crippen LogP) is 1.89. The Hall–Kier alpha value is -0.620. The summed E-state index contributed by atoms with van der Waals surface area (Å²) >= 11 is 3.37. The molecule has 2 rings (SSSR count). The standard InChI is InChI=1S/C15H22BrNO3/c1-11(18)12-6-7-17(8-12)9-14(19)10-20-15-4-2-13(16)3-5-15/h2-5,11-12,14,18-19H,6-10H2,1H3. The minimum Gasteiger partial charge on any atom is -0.491 e. The average molecular weight is 344 g/mol. The highest BCUT2D eigenvalue weighted by molar-refractivity contribution is 9.10. The average Bonchev–Trinajstić information content (AvgIpc) is 2.87. The van der Waals surface area contributed by atoms with Gasteiger partial charge in [0.15, 0.2) is 0 Å². The van der Waals surface area contributed by atoms with Crippen LogP contribution in [0.3, 0.4) is 0 Å². The monoisotopic (exact) mass is 343 g/mol. The van der Waals surface area contributed by atoms with Crippen LogP contribution in [0, 0.1) is 5.92 Å². The third-order valence-electron chi connectivity index (χ3n) is 3.72. The van der Waals surface area contributed by atoms with Gasteiger partial charge < -0.3 is 19.8 Å². The fourth-order valence-corrected chi connectivity index (χ4v) is 2.76. The first kappa shape index (κ1) is 15.8.